The highest BCUT2D eigenvalue weighted by atomic mass is 16.5. The van der Waals surface area contributed by atoms with E-state index in [-0.39, 0.29) is 6.04 Å². The third-order valence-corrected chi connectivity index (χ3v) is 3.99. The minimum absolute atomic E-state index is 0.182. The van der Waals surface area contributed by atoms with Crippen molar-refractivity contribution < 1.29 is 4.74 Å². The summed E-state index contributed by atoms with van der Waals surface area (Å²) < 4.78 is 5.42. The van der Waals surface area contributed by atoms with Crippen molar-refractivity contribution >= 4 is 0 Å². The van der Waals surface area contributed by atoms with Crippen molar-refractivity contribution in [3.05, 3.63) is 64.7 Å². The molecule has 3 heteroatoms. The van der Waals surface area contributed by atoms with Crippen LogP contribution in [-0.2, 0) is 12.8 Å². The van der Waals surface area contributed by atoms with Crippen molar-refractivity contribution in [1.82, 2.24) is 5.43 Å². The zero-order valence-corrected chi connectivity index (χ0v) is 13.0. The standard InChI is InChI=1S/C18H24N2O/c1-13-7-6-8-14(2)17(13)12-16(20-19)11-15-9-4-5-10-18(15)21-3/h4-10,16,20H,11-12,19H2,1-3H3. The molecular weight excluding hydrogens is 260 g/mol. The van der Waals surface area contributed by atoms with Gasteiger partial charge in [0.1, 0.15) is 5.75 Å². The van der Waals surface area contributed by atoms with Gasteiger partial charge in [-0.15, -0.1) is 0 Å². The highest BCUT2D eigenvalue weighted by molar-refractivity contribution is 5.36. The summed E-state index contributed by atoms with van der Waals surface area (Å²) in [6, 6.07) is 14.7. The van der Waals surface area contributed by atoms with E-state index >= 15 is 0 Å². The van der Waals surface area contributed by atoms with E-state index in [2.05, 4.69) is 43.5 Å². The van der Waals surface area contributed by atoms with E-state index in [0.29, 0.717) is 0 Å². The summed E-state index contributed by atoms with van der Waals surface area (Å²) >= 11 is 0. The van der Waals surface area contributed by atoms with Crippen LogP contribution in [0.5, 0.6) is 5.75 Å². The molecule has 1 atom stereocenters. The average Bonchev–Trinajstić information content (AvgIpc) is 2.50. The van der Waals surface area contributed by atoms with Gasteiger partial charge < -0.3 is 4.74 Å². The number of nitrogens with two attached hydrogens (primary N) is 1. The summed E-state index contributed by atoms with van der Waals surface area (Å²) in [6.07, 6.45) is 1.75. The maximum Gasteiger partial charge on any atom is 0.122 e. The Morgan fingerprint density at radius 1 is 1.00 bits per heavy atom. The minimum atomic E-state index is 0.182. The highest BCUT2D eigenvalue weighted by Gasteiger charge is 2.14. The smallest absolute Gasteiger partial charge is 0.122 e. The van der Waals surface area contributed by atoms with Gasteiger partial charge in [-0.25, -0.2) is 0 Å². The maximum absolute atomic E-state index is 5.77. The Morgan fingerprint density at radius 3 is 2.29 bits per heavy atom. The molecule has 0 saturated heterocycles. The van der Waals surface area contributed by atoms with Crippen LogP contribution in [0, 0.1) is 13.8 Å². The van der Waals surface area contributed by atoms with Crippen LogP contribution in [-0.4, -0.2) is 13.2 Å². The first-order chi connectivity index (χ1) is 10.2. The molecule has 0 saturated carbocycles. The van der Waals surface area contributed by atoms with Crippen LogP contribution in [0.25, 0.3) is 0 Å². The van der Waals surface area contributed by atoms with Gasteiger partial charge in [0.2, 0.25) is 0 Å². The fourth-order valence-electron chi connectivity index (χ4n) is 2.74. The van der Waals surface area contributed by atoms with Crippen molar-refractivity contribution in [1.29, 1.82) is 0 Å². The molecule has 1 unspecified atom stereocenters. The summed E-state index contributed by atoms with van der Waals surface area (Å²) in [6.45, 7) is 4.30. The lowest BCUT2D eigenvalue weighted by molar-refractivity contribution is 0.404. The lowest BCUT2D eigenvalue weighted by Gasteiger charge is -2.20. The average molecular weight is 284 g/mol. The Hall–Kier alpha value is -1.84. The van der Waals surface area contributed by atoms with Crippen LogP contribution >= 0.6 is 0 Å². The largest absolute Gasteiger partial charge is 0.496 e. The molecule has 0 amide bonds. The van der Waals surface area contributed by atoms with Crippen molar-refractivity contribution in [3.8, 4) is 5.75 Å². The molecule has 0 aliphatic heterocycles. The van der Waals surface area contributed by atoms with Gasteiger partial charge in [-0.05, 0) is 55.0 Å². The fourth-order valence-corrected chi connectivity index (χ4v) is 2.74. The summed E-state index contributed by atoms with van der Waals surface area (Å²) in [7, 11) is 1.70. The van der Waals surface area contributed by atoms with E-state index < -0.39 is 0 Å². The zero-order valence-electron chi connectivity index (χ0n) is 13.0. The van der Waals surface area contributed by atoms with Gasteiger partial charge in [0.05, 0.1) is 7.11 Å². The highest BCUT2D eigenvalue weighted by Crippen LogP contribution is 2.21. The quantitative estimate of drug-likeness (QED) is 0.633. The van der Waals surface area contributed by atoms with Crippen LogP contribution in [0.2, 0.25) is 0 Å². The van der Waals surface area contributed by atoms with Gasteiger partial charge in [0.25, 0.3) is 0 Å². The van der Waals surface area contributed by atoms with Crippen molar-refractivity contribution in [3.63, 3.8) is 0 Å². The monoisotopic (exact) mass is 284 g/mol. The topological polar surface area (TPSA) is 47.3 Å². The number of benzene rings is 2. The van der Waals surface area contributed by atoms with Gasteiger partial charge in [0.15, 0.2) is 0 Å². The van der Waals surface area contributed by atoms with E-state index in [4.69, 9.17) is 10.6 Å². The molecule has 21 heavy (non-hydrogen) atoms. The number of aryl methyl sites for hydroxylation is 2. The number of methoxy groups -OCH3 is 1. The molecule has 0 aliphatic carbocycles. The van der Waals surface area contributed by atoms with E-state index in [9.17, 15) is 0 Å². The first-order valence-electron chi connectivity index (χ1n) is 7.28. The van der Waals surface area contributed by atoms with Gasteiger partial charge >= 0.3 is 0 Å². The lowest BCUT2D eigenvalue weighted by atomic mass is 9.93. The number of ether oxygens (including phenoxy) is 1. The number of para-hydroxylation sites is 1. The van der Waals surface area contributed by atoms with Gasteiger partial charge in [-0.2, -0.15) is 0 Å². The first-order valence-corrected chi connectivity index (χ1v) is 7.28. The SMILES string of the molecule is COc1ccccc1CC(Cc1c(C)cccc1C)NN. The second-order valence-electron chi connectivity index (χ2n) is 5.45. The molecular formula is C18H24N2O. The number of hydrazine groups is 1. The van der Waals surface area contributed by atoms with Crippen LogP contribution in [0.15, 0.2) is 42.5 Å². The molecule has 0 bridgehead atoms. The summed E-state index contributed by atoms with van der Waals surface area (Å²) in [5.41, 5.74) is 8.13. The first kappa shape index (κ1) is 15.5. The molecule has 2 rings (SSSR count). The number of nitrogens with one attached hydrogen (secondary N) is 1. The predicted octanol–water partition coefficient (Wildman–Crippen LogP) is 2.93. The molecule has 0 spiro atoms. The fraction of sp³-hybridized carbons (Fsp3) is 0.333. The third-order valence-electron chi connectivity index (χ3n) is 3.99. The van der Waals surface area contributed by atoms with E-state index in [1.165, 1.54) is 22.3 Å². The normalized spacial score (nSPS) is 12.2. The number of rotatable bonds is 6. The molecule has 0 radical (unpaired) electrons. The number of hydrogen-bond donors (Lipinski definition) is 2. The second-order valence-corrected chi connectivity index (χ2v) is 5.45. The van der Waals surface area contributed by atoms with Crippen molar-refractivity contribution in [2.45, 2.75) is 32.7 Å². The van der Waals surface area contributed by atoms with Gasteiger partial charge in [-0.1, -0.05) is 36.4 Å². The summed E-state index contributed by atoms with van der Waals surface area (Å²) in [5.74, 6) is 6.69. The summed E-state index contributed by atoms with van der Waals surface area (Å²) in [5, 5.41) is 0. The molecule has 112 valence electrons. The van der Waals surface area contributed by atoms with Crippen LogP contribution in [0.1, 0.15) is 22.3 Å². The zero-order chi connectivity index (χ0) is 15.2. The Morgan fingerprint density at radius 2 is 1.67 bits per heavy atom. The van der Waals surface area contributed by atoms with E-state index in [1.807, 2.05) is 18.2 Å². The van der Waals surface area contributed by atoms with E-state index in [1.54, 1.807) is 7.11 Å². The predicted molar refractivity (Wildman–Crippen MR) is 87.4 cm³/mol. The third kappa shape index (κ3) is 3.84. The number of hydrogen-bond acceptors (Lipinski definition) is 3. The van der Waals surface area contributed by atoms with Gasteiger partial charge in [-0.3, -0.25) is 11.3 Å². The Kier molecular flexibility index (Phi) is 5.37. The molecule has 0 aromatic heterocycles. The maximum atomic E-state index is 5.77. The second kappa shape index (κ2) is 7.25. The lowest BCUT2D eigenvalue weighted by Crippen LogP contribution is -2.38. The Labute approximate surface area is 127 Å². The van der Waals surface area contributed by atoms with Crippen LogP contribution in [0.3, 0.4) is 0 Å². The minimum Gasteiger partial charge on any atom is -0.496 e. The van der Waals surface area contributed by atoms with Crippen LogP contribution in [0.4, 0.5) is 0 Å². The van der Waals surface area contributed by atoms with Crippen molar-refractivity contribution in [2.75, 3.05) is 7.11 Å². The summed E-state index contributed by atoms with van der Waals surface area (Å²) in [4.78, 5) is 0. The van der Waals surface area contributed by atoms with E-state index in [0.717, 1.165) is 18.6 Å². The molecule has 2 aromatic carbocycles. The molecule has 0 fully saturated rings. The molecule has 0 heterocycles. The Balaban J connectivity index is 2.17. The van der Waals surface area contributed by atoms with Crippen LogP contribution < -0.4 is 16.0 Å². The van der Waals surface area contributed by atoms with Crippen molar-refractivity contribution in [2.24, 2.45) is 5.84 Å². The van der Waals surface area contributed by atoms with Gasteiger partial charge in [0, 0.05) is 6.04 Å². The molecule has 3 nitrogen and oxygen atoms in total. The molecule has 3 N–H and O–H groups in total. The Bertz CT molecular complexity index is 575. The molecule has 2 aromatic rings. The molecule has 0 aliphatic rings.